The molecule has 0 amide bonds. The summed E-state index contributed by atoms with van der Waals surface area (Å²) >= 11 is 0. The molecule has 3 atom stereocenters. The summed E-state index contributed by atoms with van der Waals surface area (Å²) in [5.41, 5.74) is -0.682. The molecule has 2 fully saturated rings. The summed E-state index contributed by atoms with van der Waals surface area (Å²) in [5.74, 6) is 0.160. The lowest BCUT2D eigenvalue weighted by atomic mass is 9.77. The normalized spacial score (nSPS) is 34.8. The molecule has 3 unspecified atom stereocenters. The summed E-state index contributed by atoms with van der Waals surface area (Å²) in [6.45, 7) is 7.50. The Balaban J connectivity index is 2.02. The van der Waals surface area contributed by atoms with Gasteiger partial charge in [-0.3, -0.25) is 4.79 Å². The summed E-state index contributed by atoms with van der Waals surface area (Å²) in [6, 6.07) is 0.452. The van der Waals surface area contributed by atoms with Crippen molar-refractivity contribution in [3.63, 3.8) is 0 Å². The lowest BCUT2D eigenvalue weighted by Crippen LogP contribution is -2.59. The molecule has 1 aliphatic carbocycles. The minimum Gasteiger partial charge on any atom is -0.480 e. The Morgan fingerprint density at radius 2 is 2.14 bits per heavy atom. The fourth-order valence-electron chi connectivity index (χ4n) is 4.11. The van der Waals surface area contributed by atoms with Crippen LogP contribution in [0, 0.1) is 5.92 Å². The minimum absolute atomic E-state index is 0.452. The average molecular weight is 296 g/mol. The maximum absolute atomic E-state index is 11.9. The fraction of sp³-hybridized carbons (Fsp3) is 0.941. The van der Waals surface area contributed by atoms with Crippen molar-refractivity contribution in [1.29, 1.82) is 0 Å². The van der Waals surface area contributed by atoms with E-state index in [9.17, 15) is 9.90 Å². The molecule has 0 aromatic rings. The highest BCUT2D eigenvalue weighted by Crippen LogP contribution is 2.34. The zero-order valence-electron chi connectivity index (χ0n) is 13.7. The average Bonchev–Trinajstić information content (AvgIpc) is 2.53. The van der Waals surface area contributed by atoms with Gasteiger partial charge in [-0.05, 0) is 64.0 Å². The Kier molecular flexibility index (Phi) is 6.06. The summed E-state index contributed by atoms with van der Waals surface area (Å²) < 4.78 is 0. The molecule has 0 radical (unpaired) electrons. The molecule has 2 rings (SSSR count). The van der Waals surface area contributed by atoms with Crippen molar-refractivity contribution < 1.29 is 9.90 Å². The largest absolute Gasteiger partial charge is 0.480 e. The summed E-state index contributed by atoms with van der Waals surface area (Å²) in [6.07, 6.45) is 8.61. The number of nitrogens with zero attached hydrogens (tertiary/aromatic N) is 1. The Morgan fingerprint density at radius 3 is 2.81 bits per heavy atom. The number of rotatable bonds is 6. The lowest BCUT2D eigenvalue weighted by molar-refractivity contribution is -0.147. The van der Waals surface area contributed by atoms with Gasteiger partial charge < -0.3 is 15.3 Å². The SMILES string of the molecule is CCCNC1(C(=O)O)CCCC(N2CCCC(CC)C2)C1. The Labute approximate surface area is 129 Å². The summed E-state index contributed by atoms with van der Waals surface area (Å²) in [5, 5.41) is 13.1. The van der Waals surface area contributed by atoms with Crippen molar-refractivity contribution >= 4 is 5.97 Å². The summed E-state index contributed by atoms with van der Waals surface area (Å²) in [7, 11) is 0. The van der Waals surface area contributed by atoms with Gasteiger partial charge in [-0.15, -0.1) is 0 Å². The summed E-state index contributed by atoms with van der Waals surface area (Å²) in [4.78, 5) is 14.4. The molecular weight excluding hydrogens is 264 g/mol. The van der Waals surface area contributed by atoms with E-state index < -0.39 is 11.5 Å². The van der Waals surface area contributed by atoms with Crippen molar-refractivity contribution in [2.24, 2.45) is 5.92 Å². The van der Waals surface area contributed by atoms with Crippen LogP contribution in [0.5, 0.6) is 0 Å². The van der Waals surface area contributed by atoms with Crippen LogP contribution >= 0.6 is 0 Å². The second kappa shape index (κ2) is 7.59. The second-order valence-corrected chi connectivity index (χ2v) is 6.98. The van der Waals surface area contributed by atoms with Crippen molar-refractivity contribution in [3.8, 4) is 0 Å². The minimum atomic E-state index is -0.682. The number of piperidine rings is 1. The maximum atomic E-state index is 11.9. The zero-order chi connectivity index (χ0) is 15.3. The zero-order valence-corrected chi connectivity index (χ0v) is 13.7. The molecule has 2 aliphatic rings. The van der Waals surface area contributed by atoms with Gasteiger partial charge in [0, 0.05) is 12.6 Å². The van der Waals surface area contributed by atoms with Gasteiger partial charge in [0.15, 0.2) is 0 Å². The highest BCUT2D eigenvalue weighted by atomic mass is 16.4. The van der Waals surface area contributed by atoms with E-state index in [0.717, 1.165) is 44.7 Å². The predicted octanol–water partition coefficient (Wildman–Crippen LogP) is 2.87. The van der Waals surface area contributed by atoms with Gasteiger partial charge in [0.05, 0.1) is 0 Å². The number of hydrogen-bond donors (Lipinski definition) is 2. The molecule has 4 nitrogen and oxygen atoms in total. The first-order valence-corrected chi connectivity index (χ1v) is 8.83. The Bertz CT molecular complexity index is 348. The van der Waals surface area contributed by atoms with Crippen LogP contribution in [0.25, 0.3) is 0 Å². The van der Waals surface area contributed by atoms with Crippen molar-refractivity contribution in [2.45, 2.75) is 76.8 Å². The van der Waals surface area contributed by atoms with E-state index in [4.69, 9.17) is 0 Å². The van der Waals surface area contributed by atoms with Crippen molar-refractivity contribution in [2.75, 3.05) is 19.6 Å². The van der Waals surface area contributed by atoms with Gasteiger partial charge in [0.2, 0.25) is 0 Å². The molecule has 0 bridgehead atoms. The number of aliphatic carboxylic acids is 1. The molecule has 4 heteroatoms. The highest BCUT2D eigenvalue weighted by molar-refractivity contribution is 5.79. The highest BCUT2D eigenvalue weighted by Gasteiger charge is 2.44. The molecule has 0 aromatic heterocycles. The van der Waals surface area contributed by atoms with Gasteiger partial charge >= 0.3 is 5.97 Å². The monoisotopic (exact) mass is 296 g/mol. The molecule has 1 aliphatic heterocycles. The molecule has 21 heavy (non-hydrogen) atoms. The van der Waals surface area contributed by atoms with Crippen LogP contribution in [0.4, 0.5) is 0 Å². The molecule has 2 N–H and O–H groups in total. The molecule has 0 aromatic carbocycles. The first kappa shape index (κ1) is 16.8. The van der Waals surface area contributed by atoms with Crippen LogP contribution < -0.4 is 5.32 Å². The number of carbonyl (C=O) groups is 1. The van der Waals surface area contributed by atoms with Gasteiger partial charge in [-0.1, -0.05) is 20.3 Å². The van der Waals surface area contributed by atoms with E-state index in [1.807, 2.05) is 0 Å². The number of nitrogens with one attached hydrogen (secondary N) is 1. The van der Waals surface area contributed by atoms with Crippen LogP contribution in [0.3, 0.4) is 0 Å². The standard InChI is InChI=1S/C17H32N2O2/c1-3-10-18-17(16(20)21)9-5-8-15(12-17)19-11-6-7-14(4-2)13-19/h14-15,18H,3-13H2,1-2H3,(H,20,21). The topological polar surface area (TPSA) is 52.6 Å². The van der Waals surface area contributed by atoms with Crippen LogP contribution in [-0.4, -0.2) is 47.2 Å². The maximum Gasteiger partial charge on any atom is 0.323 e. The van der Waals surface area contributed by atoms with E-state index in [1.165, 1.54) is 32.2 Å². The molecule has 1 saturated carbocycles. The van der Waals surface area contributed by atoms with Crippen LogP contribution in [-0.2, 0) is 4.79 Å². The molecular formula is C17H32N2O2. The first-order chi connectivity index (χ1) is 10.1. The quantitative estimate of drug-likeness (QED) is 0.791. The third-order valence-corrected chi connectivity index (χ3v) is 5.49. The number of hydrogen-bond acceptors (Lipinski definition) is 3. The van der Waals surface area contributed by atoms with E-state index in [1.54, 1.807) is 0 Å². The van der Waals surface area contributed by atoms with Crippen molar-refractivity contribution in [3.05, 3.63) is 0 Å². The van der Waals surface area contributed by atoms with Crippen molar-refractivity contribution in [1.82, 2.24) is 10.2 Å². The molecule has 1 heterocycles. The van der Waals surface area contributed by atoms with Gasteiger partial charge in [-0.25, -0.2) is 0 Å². The lowest BCUT2D eigenvalue weighted by Gasteiger charge is -2.45. The smallest absolute Gasteiger partial charge is 0.323 e. The third-order valence-electron chi connectivity index (χ3n) is 5.49. The van der Waals surface area contributed by atoms with E-state index in [0.29, 0.717) is 6.04 Å². The van der Waals surface area contributed by atoms with E-state index >= 15 is 0 Å². The van der Waals surface area contributed by atoms with E-state index in [-0.39, 0.29) is 0 Å². The Morgan fingerprint density at radius 1 is 1.33 bits per heavy atom. The second-order valence-electron chi connectivity index (χ2n) is 6.98. The predicted molar refractivity (Wildman–Crippen MR) is 85.5 cm³/mol. The van der Waals surface area contributed by atoms with Crippen LogP contribution in [0.1, 0.15) is 65.2 Å². The van der Waals surface area contributed by atoms with Gasteiger partial charge in [-0.2, -0.15) is 0 Å². The van der Waals surface area contributed by atoms with Crippen LogP contribution in [0.15, 0.2) is 0 Å². The first-order valence-electron chi connectivity index (χ1n) is 8.83. The molecule has 0 spiro atoms. The number of likely N-dealkylation sites (tertiary alicyclic amines) is 1. The Hall–Kier alpha value is -0.610. The number of carboxylic acids is 1. The fourth-order valence-corrected chi connectivity index (χ4v) is 4.11. The van der Waals surface area contributed by atoms with Gasteiger partial charge in [0.1, 0.15) is 5.54 Å². The van der Waals surface area contributed by atoms with Gasteiger partial charge in [0.25, 0.3) is 0 Å². The van der Waals surface area contributed by atoms with Crippen LogP contribution in [0.2, 0.25) is 0 Å². The van der Waals surface area contributed by atoms with E-state index in [2.05, 4.69) is 24.1 Å². The third kappa shape index (κ3) is 3.98. The molecule has 1 saturated heterocycles. The molecule has 122 valence electrons. The number of carboxylic acid groups (broad SMARTS) is 1.